The maximum atomic E-state index is 13.0. The summed E-state index contributed by atoms with van der Waals surface area (Å²) in [4.78, 5) is 0. The van der Waals surface area contributed by atoms with Crippen molar-refractivity contribution >= 4 is 5.69 Å². The minimum absolute atomic E-state index is 0.0523. The molecule has 2 aromatic carbocycles. The smallest absolute Gasteiger partial charge is 0.282 e. The number of nitrogens with zero attached hydrogens (tertiary/aromatic N) is 2. The van der Waals surface area contributed by atoms with Gasteiger partial charge in [-0.25, -0.2) is 8.78 Å². The summed E-state index contributed by atoms with van der Waals surface area (Å²) >= 11 is 0. The summed E-state index contributed by atoms with van der Waals surface area (Å²) in [5.74, 6) is 6.03. The van der Waals surface area contributed by atoms with Gasteiger partial charge in [0.25, 0.3) is 6.43 Å². The average molecular weight is 478 g/mol. The summed E-state index contributed by atoms with van der Waals surface area (Å²) in [5.41, 5.74) is 5.27. The maximum Gasteiger partial charge on any atom is 0.282 e. The largest absolute Gasteiger partial charge is 0.385 e. The zero-order chi connectivity index (χ0) is 24.9. The molecule has 1 N–H and O–H groups in total. The molecule has 0 radical (unpaired) electrons. The van der Waals surface area contributed by atoms with Crippen LogP contribution in [0.3, 0.4) is 0 Å². The van der Waals surface area contributed by atoms with E-state index in [0.29, 0.717) is 12.0 Å². The first-order valence-electron chi connectivity index (χ1n) is 12.7. The first kappa shape index (κ1) is 26.5. The Balaban J connectivity index is 1.28. The molecule has 1 aromatic heterocycles. The van der Waals surface area contributed by atoms with Crippen molar-refractivity contribution in [2.45, 2.75) is 71.1 Å². The highest BCUT2D eigenvalue weighted by atomic mass is 19.3. The highest BCUT2D eigenvalue weighted by Gasteiger charge is 2.16. The van der Waals surface area contributed by atoms with Gasteiger partial charge in [-0.3, -0.25) is 4.68 Å². The van der Waals surface area contributed by atoms with Gasteiger partial charge in [-0.05, 0) is 55.5 Å². The van der Waals surface area contributed by atoms with Crippen LogP contribution in [-0.4, -0.2) is 16.3 Å². The Labute approximate surface area is 209 Å². The predicted molar refractivity (Wildman–Crippen MR) is 142 cm³/mol. The quantitative estimate of drug-likeness (QED) is 0.187. The number of unbranched alkanes of at least 4 members (excludes halogenated alkanes) is 7. The molecule has 0 saturated carbocycles. The lowest BCUT2D eigenvalue weighted by Crippen LogP contribution is -2.02. The SMILES string of the molecule is CC#Cc1ccc(-c2ccccc2NCCCCCCCCCCc2cn(C)nc2C(F)F)cc1. The van der Waals surface area contributed by atoms with Gasteiger partial charge in [0.2, 0.25) is 0 Å². The van der Waals surface area contributed by atoms with E-state index in [1.54, 1.807) is 13.2 Å². The molecule has 0 spiro atoms. The van der Waals surface area contributed by atoms with Gasteiger partial charge in [-0.1, -0.05) is 74.8 Å². The van der Waals surface area contributed by atoms with Crippen LogP contribution in [0.2, 0.25) is 0 Å². The molecule has 0 unspecified atom stereocenters. The van der Waals surface area contributed by atoms with E-state index >= 15 is 0 Å². The van der Waals surface area contributed by atoms with Crippen molar-refractivity contribution in [3.63, 3.8) is 0 Å². The molecule has 0 aliphatic heterocycles. The summed E-state index contributed by atoms with van der Waals surface area (Å²) in [5, 5.41) is 7.49. The summed E-state index contributed by atoms with van der Waals surface area (Å²) in [6.45, 7) is 2.82. The third-order valence-electron chi connectivity index (χ3n) is 6.22. The van der Waals surface area contributed by atoms with Gasteiger partial charge in [0.15, 0.2) is 0 Å². The van der Waals surface area contributed by atoms with Crippen LogP contribution in [0.25, 0.3) is 11.1 Å². The van der Waals surface area contributed by atoms with E-state index in [4.69, 9.17) is 0 Å². The van der Waals surface area contributed by atoms with Crippen molar-refractivity contribution in [1.29, 1.82) is 0 Å². The molecule has 0 bridgehead atoms. The Bertz CT molecular complexity index is 1090. The van der Waals surface area contributed by atoms with Crippen LogP contribution in [0.1, 0.15) is 81.5 Å². The summed E-state index contributed by atoms with van der Waals surface area (Å²) in [6.07, 6.45) is 9.18. The lowest BCUT2D eigenvalue weighted by atomic mass is 10.0. The highest BCUT2D eigenvalue weighted by Crippen LogP contribution is 2.28. The third-order valence-corrected chi connectivity index (χ3v) is 6.22. The van der Waals surface area contributed by atoms with E-state index in [1.165, 1.54) is 53.6 Å². The van der Waals surface area contributed by atoms with Gasteiger partial charge in [-0.2, -0.15) is 5.10 Å². The zero-order valence-corrected chi connectivity index (χ0v) is 21.0. The fourth-order valence-corrected chi connectivity index (χ4v) is 4.42. The summed E-state index contributed by atoms with van der Waals surface area (Å²) < 4.78 is 27.5. The Morgan fingerprint density at radius 2 is 1.54 bits per heavy atom. The standard InChI is InChI=1S/C30H37F2N3/c1-3-14-24-18-20-25(21-19-24)27-16-11-12-17-28(27)33-22-13-9-7-5-4-6-8-10-15-26-23-35(2)34-29(26)30(31)32/h11-12,16-21,23,30,33H,4-10,13,15,22H2,1-2H3. The lowest BCUT2D eigenvalue weighted by molar-refractivity contribution is 0.144. The van der Waals surface area contributed by atoms with E-state index in [-0.39, 0.29) is 5.69 Å². The minimum atomic E-state index is -2.48. The number of halogens is 2. The topological polar surface area (TPSA) is 29.9 Å². The fraction of sp³-hybridized carbons (Fsp3) is 0.433. The third kappa shape index (κ3) is 8.55. The van der Waals surface area contributed by atoms with Crippen molar-refractivity contribution in [1.82, 2.24) is 9.78 Å². The predicted octanol–water partition coefficient (Wildman–Crippen LogP) is 8.17. The van der Waals surface area contributed by atoms with E-state index in [9.17, 15) is 8.78 Å². The number of aryl methyl sites for hydroxylation is 2. The first-order valence-corrected chi connectivity index (χ1v) is 12.7. The fourth-order valence-electron chi connectivity index (χ4n) is 4.42. The van der Waals surface area contributed by atoms with Crippen LogP contribution >= 0.6 is 0 Å². The number of hydrogen-bond donors (Lipinski definition) is 1. The van der Waals surface area contributed by atoms with E-state index in [1.807, 2.05) is 6.92 Å². The number of rotatable bonds is 14. The molecule has 35 heavy (non-hydrogen) atoms. The Morgan fingerprint density at radius 1 is 0.886 bits per heavy atom. The average Bonchev–Trinajstić information content (AvgIpc) is 3.24. The molecule has 5 heteroatoms. The lowest BCUT2D eigenvalue weighted by Gasteiger charge is -2.12. The van der Waals surface area contributed by atoms with Gasteiger partial charge in [0.05, 0.1) is 0 Å². The number of aromatic nitrogens is 2. The molecule has 186 valence electrons. The second-order valence-electron chi connectivity index (χ2n) is 9.02. The van der Waals surface area contributed by atoms with Crippen LogP contribution in [0.5, 0.6) is 0 Å². The van der Waals surface area contributed by atoms with Crippen molar-refractivity contribution in [2.24, 2.45) is 7.05 Å². The van der Waals surface area contributed by atoms with Crippen molar-refractivity contribution < 1.29 is 8.78 Å². The summed E-state index contributed by atoms with van der Waals surface area (Å²) in [6, 6.07) is 16.9. The van der Waals surface area contributed by atoms with Crippen molar-refractivity contribution in [3.05, 3.63) is 71.5 Å². The molecular formula is C30H37F2N3. The number of alkyl halides is 2. The Hall–Kier alpha value is -3.13. The van der Waals surface area contributed by atoms with Crippen LogP contribution in [-0.2, 0) is 13.5 Å². The number of para-hydroxylation sites is 1. The molecule has 0 atom stereocenters. The monoisotopic (exact) mass is 477 g/mol. The van der Waals surface area contributed by atoms with Crippen LogP contribution in [0.15, 0.2) is 54.7 Å². The number of hydrogen-bond acceptors (Lipinski definition) is 2. The molecular weight excluding hydrogens is 440 g/mol. The minimum Gasteiger partial charge on any atom is -0.385 e. The van der Waals surface area contributed by atoms with Gasteiger partial charge in [-0.15, -0.1) is 5.92 Å². The number of benzene rings is 2. The van der Waals surface area contributed by atoms with Gasteiger partial charge in [0.1, 0.15) is 5.69 Å². The van der Waals surface area contributed by atoms with E-state index < -0.39 is 6.43 Å². The summed E-state index contributed by atoms with van der Waals surface area (Å²) in [7, 11) is 1.70. The second kappa shape index (κ2) is 14.3. The molecule has 0 aliphatic rings. The molecule has 0 fully saturated rings. The van der Waals surface area contributed by atoms with E-state index in [0.717, 1.165) is 31.4 Å². The van der Waals surface area contributed by atoms with Gasteiger partial charge >= 0.3 is 0 Å². The molecule has 0 aliphatic carbocycles. The molecule has 3 rings (SSSR count). The Morgan fingerprint density at radius 3 is 2.23 bits per heavy atom. The van der Waals surface area contributed by atoms with Crippen LogP contribution in [0, 0.1) is 11.8 Å². The first-order chi connectivity index (χ1) is 17.1. The zero-order valence-electron chi connectivity index (χ0n) is 21.0. The molecule has 3 aromatic rings. The van der Waals surface area contributed by atoms with Crippen molar-refractivity contribution in [3.8, 4) is 23.0 Å². The molecule has 3 nitrogen and oxygen atoms in total. The van der Waals surface area contributed by atoms with Gasteiger partial charge < -0.3 is 5.32 Å². The number of nitrogens with one attached hydrogen (secondary N) is 1. The highest BCUT2D eigenvalue weighted by molar-refractivity contribution is 5.78. The van der Waals surface area contributed by atoms with Crippen LogP contribution in [0.4, 0.5) is 14.5 Å². The molecule has 0 saturated heterocycles. The van der Waals surface area contributed by atoms with E-state index in [2.05, 4.69) is 70.8 Å². The molecule has 1 heterocycles. The van der Waals surface area contributed by atoms with Gasteiger partial charge in [0, 0.05) is 36.6 Å². The second-order valence-corrected chi connectivity index (χ2v) is 9.02. The Kier molecular flexibility index (Phi) is 10.8. The molecule has 0 amide bonds. The number of anilines is 1. The van der Waals surface area contributed by atoms with Crippen molar-refractivity contribution in [2.75, 3.05) is 11.9 Å². The maximum absolute atomic E-state index is 13.0. The van der Waals surface area contributed by atoms with Crippen LogP contribution < -0.4 is 5.32 Å². The normalized spacial score (nSPS) is 10.9.